The lowest BCUT2D eigenvalue weighted by atomic mass is 9.97. The number of aromatic hydroxyl groups is 1. The van der Waals surface area contributed by atoms with Crippen molar-refractivity contribution in [3.05, 3.63) is 126 Å². The number of fused-ring (bicyclic) bond motifs is 1. The maximum Gasteiger partial charge on any atom is 0.280 e. The van der Waals surface area contributed by atoms with Gasteiger partial charge in [0.25, 0.3) is 16.0 Å². The summed E-state index contributed by atoms with van der Waals surface area (Å²) in [4.78, 5) is 22.6. The van der Waals surface area contributed by atoms with Gasteiger partial charge in [0.05, 0.1) is 35.0 Å². The first-order chi connectivity index (χ1) is 26.2. The van der Waals surface area contributed by atoms with Crippen LogP contribution < -0.4 is 4.72 Å². The van der Waals surface area contributed by atoms with Gasteiger partial charge in [0.1, 0.15) is 0 Å². The zero-order chi connectivity index (χ0) is 40.0. The highest BCUT2D eigenvalue weighted by molar-refractivity contribution is 7.88. The van der Waals surface area contributed by atoms with E-state index in [1.807, 2.05) is 84.9 Å². The Labute approximate surface area is 325 Å². The van der Waals surface area contributed by atoms with Crippen molar-refractivity contribution in [2.75, 3.05) is 38.7 Å². The second-order valence-electron chi connectivity index (χ2n) is 13.2. The van der Waals surface area contributed by atoms with Crippen molar-refractivity contribution in [3.63, 3.8) is 0 Å². The molecule has 0 atom stereocenters. The first kappa shape index (κ1) is 42.8. The predicted molar refractivity (Wildman–Crippen MR) is 222 cm³/mol. The quantitative estimate of drug-likeness (QED) is 0.0833. The van der Waals surface area contributed by atoms with Crippen LogP contribution in [0.3, 0.4) is 0 Å². The summed E-state index contributed by atoms with van der Waals surface area (Å²) in [6.45, 7) is 7.82. The second-order valence-corrected chi connectivity index (χ2v) is 16.5. The molecular weight excluding hydrogens is 737 g/mol. The van der Waals surface area contributed by atoms with Gasteiger partial charge in [0.15, 0.2) is 5.88 Å². The summed E-state index contributed by atoms with van der Waals surface area (Å²) in [5, 5.41) is 10.7. The molecule has 0 unspecified atom stereocenters. The highest BCUT2D eigenvalue weighted by Gasteiger charge is 2.33. The lowest BCUT2D eigenvalue weighted by Gasteiger charge is -2.21. The number of rotatable bonds is 14. The Kier molecular flexibility index (Phi) is 15.7. The number of nitrogens with zero attached hydrogens (tertiary/aromatic N) is 2. The van der Waals surface area contributed by atoms with Crippen molar-refractivity contribution >= 4 is 31.8 Å². The molecule has 0 bridgehead atoms. The van der Waals surface area contributed by atoms with Crippen LogP contribution in [-0.2, 0) is 20.1 Å². The lowest BCUT2D eigenvalue weighted by Crippen LogP contribution is -2.35. The largest absolute Gasteiger partial charge is 0.494 e. The number of aliphatic imine (C=N–C) groups is 1. The highest BCUT2D eigenvalue weighted by atomic mass is 32.2. The molecule has 0 aliphatic carbocycles. The molecule has 4 N–H and O–H groups in total. The third kappa shape index (κ3) is 13.4. The van der Waals surface area contributed by atoms with E-state index in [-0.39, 0.29) is 11.8 Å². The van der Waals surface area contributed by atoms with Crippen molar-refractivity contribution in [3.8, 4) is 39.4 Å². The van der Waals surface area contributed by atoms with Crippen LogP contribution in [0.1, 0.15) is 61.0 Å². The van der Waals surface area contributed by atoms with Gasteiger partial charge >= 0.3 is 0 Å². The molecule has 0 fully saturated rings. The van der Waals surface area contributed by atoms with Gasteiger partial charge in [-0.3, -0.25) is 9.35 Å². The Hall–Kier alpha value is -4.92. The molecule has 1 aliphatic rings. The smallest absolute Gasteiger partial charge is 0.280 e. The van der Waals surface area contributed by atoms with Crippen molar-refractivity contribution in [1.29, 1.82) is 0 Å². The Balaban J connectivity index is 0.000000269. The number of hydrogen-bond donors (Lipinski definition) is 4. The van der Waals surface area contributed by atoms with Crippen LogP contribution >= 0.6 is 0 Å². The van der Waals surface area contributed by atoms with Crippen LogP contribution in [0, 0.1) is 0 Å². The van der Waals surface area contributed by atoms with E-state index in [0.29, 0.717) is 35.3 Å². The Morgan fingerprint density at radius 2 is 1.05 bits per heavy atom. The summed E-state index contributed by atoms with van der Waals surface area (Å²) < 4.78 is 50.2. The molecule has 1 aromatic heterocycles. The van der Waals surface area contributed by atoms with E-state index in [1.54, 1.807) is 0 Å². The molecule has 11 nitrogen and oxygen atoms in total. The maximum atomic E-state index is 12.9. The third-order valence-electron chi connectivity index (χ3n) is 8.64. The second kappa shape index (κ2) is 20.1. The molecule has 2 heterocycles. The van der Waals surface area contributed by atoms with E-state index in [9.17, 15) is 26.7 Å². The standard InChI is InChI=1S/C30H20N2O2.C11H26N2O2S.CH4O3S/c33-29-25-26(28(32-29)24-17-13-22(14-18-24)20-9-5-2-6-10-20)30(34)31-27(25)23-15-11-21(12-16-23)19-7-3-1-4-8-19;1-4-6-9-13(10-7-5-2)11-8-12-16(3,14)15;1-5(2,3)4/h1-18,31,34H;12H,4-11H2,1-3H3;1H3,(H,2,3,4). The first-order valence-corrected chi connectivity index (χ1v) is 21.9. The van der Waals surface area contributed by atoms with Gasteiger partial charge in [0.2, 0.25) is 10.0 Å². The molecule has 0 radical (unpaired) electrons. The molecule has 0 spiro atoms. The van der Waals surface area contributed by atoms with Crippen molar-refractivity contribution < 1.29 is 31.3 Å². The summed E-state index contributed by atoms with van der Waals surface area (Å²) in [7, 11) is -6.70. The van der Waals surface area contributed by atoms with Gasteiger partial charge in [-0.2, -0.15) is 8.42 Å². The van der Waals surface area contributed by atoms with Crippen molar-refractivity contribution in [2.24, 2.45) is 4.99 Å². The topological polar surface area (TPSA) is 169 Å². The Bertz CT molecular complexity index is 2220. The summed E-state index contributed by atoms with van der Waals surface area (Å²) in [6.07, 6.45) is 6.65. The average Bonchev–Trinajstić information content (AvgIpc) is 3.69. The van der Waals surface area contributed by atoms with Crippen LogP contribution in [0.15, 0.2) is 114 Å². The first-order valence-electron chi connectivity index (χ1n) is 18.2. The van der Waals surface area contributed by atoms with E-state index in [0.717, 1.165) is 53.0 Å². The number of H-pyrrole nitrogens is 1. The van der Waals surface area contributed by atoms with E-state index < -0.39 is 20.1 Å². The monoisotopic (exact) mass is 786 g/mol. The van der Waals surface area contributed by atoms with Crippen LogP contribution in [0.2, 0.25) is 0 Å². The number of carbonyl (C=O) groups is 1. The molecule has 1 aliphatic heterocycles. The number of benzene rings is 4. The summed E-state index contributed by atoms with van der Waals surface area (Å²) in [5.41, 5.74) is 7.93. The maximum absolute atomic E-state index is 12.9. The average molecular weight is 787 g/mol. The molecule has 0 saturated heterocycles. The minimum Gasteiger partial charge on any atom is -0.494 e. The number of aromatic nitrogens is 1. The number of aromatic amines is 1. The molecular formula is C42H50N4O7S2. The molecule has 13 heteroatoms. The highest BCUT2D eigenvalue weighted by Crippen LogP contribution is 2.38. The van der Waals surface area contributed by atoms with Gasteiger partial charge in [-0.25, -0.2) is 18.1 Å². The molecule has 6 rings (SSSR count). The summed E-state index contributed by atoms with van der Waals surface area (Å²) in [6, 6.07) is 36.0. The summed E-state index contributed by atoms with van der Waals surface area (Å²) >= 11 is 0. The molecule has 55 heavy (non-hydrogen) atoms. The minimum atomic E-state index is -3.67. The molecule has 0 saturated carbocycles. The van der Waals surface area contributed by atoms with Crippen LogP contribution in [-0.4, -0.2) is 86.7 Å². The van der Waals surface area contributed by atoms with Crippen LogP contribution in [0.5, 0.6) is 5.88 Å². The number of nitrogens with one attached hydrogen (secondary N) is 2. The lowest BCUT2D eigenvalue weighted by molar-refractivity contribution is 0.101. The van der Waals surface area contributed by atoms with Crippen LogP contribution in [0.4, 0.5) is 0 Å². The van der Waals surface area contributed by atoms with E-state index in [4.69, 9.17) is 4.55 Å². The molecule has 4 aromatic carbocycles. The SMILES string of the molecule is CCCCN(CCCC)CCNS(C)(=O)=O.CS(=O)(=O)O.O=C1N=C(c2ccc(-c3ccccc3)cc2)c2c(O)[nH]c(-c3ccc(-c4ccccc4)cc3)c21. The summed E-state index contributed by atoms with van der Waals surface area (Å²) in [5.74, 6) is -0.398. The Morgan fingerprint density at radius 1 is 0.636 bits per heavy atom. The van der Waals surface area contributed by atoms with Gasteiger partial charge in [-0.1, -0.05) is 136 Å². The normalized spacial score (nSPS) is 12.3. The fraction of sp³-hybridized carbons (Fsp3) is 0.286. The van der Waals surface area contributed by atoms with Gasteiger partial charge in [0, 0.05) is 18.7 Å². The number of unbranched alkanes of at least 4 members (excludes halogenated alkanes) is 2. The minimum absolute atomic E-state index is 0.0473. The third-order valence-corrected chi connectivity index (χ3v) is 9.37. The number of carbonyl (C=O) groups excluding carboxylic acids is 1. The van der Waals surface area contributed by atoms with Gasteiger partial charge in [-0.05, 0) is 53.7 Å². The zero-order valence-electron chi connectivity index (χ0n) is 31.7. The predicted octanol–water partition coefficient (Wildman–Crippen LogP) is 7.65. The van der Waals surface area contributed by atoms with Gasteiger partial charge < -0.3 is 15.0 Å². The molecule has 1 amide bonds. The van der Waals surface area contributed by atoms with Crippen molar-refractivity contribution in [1.82, 2.24) is 14.6 Å². The Morgan fingerprint density at radius 3 is 1.49 bits per heavy atom. The van der Waals surface area contributed by atoms with Gasteiger partial charge in [-0.15, -0.1) is 0 Å². The van der Waals surface area contributed by atoms with E-state index >= 15 is 0 Å². The fourth-order valence-corrected chi connectivity index (χ4v) is 6.43. The zero-order valence-corrected chi connectivity index (χ0v) is 33.3. The van der Waals surface area contributed by atoms with E-state index in [1.165, 1.54) is 31.9 Å². The number of sulfonamides is 1. The molecule has 5 aromatic rings. The number of hydrogen-bond acceptors (Lipinski definition) is 7. The fourth-order valence-electron chi connectivity index (χ4n) is 5.97. The van der Waals surface area contributed by atoms with E-state index in [2.05, 4.69) is 57.7 Å². The van der Waals surface area contributed by atoms with Crippen LogP contribution in [0.25, 0.3) is 33.5 Å². The number of amides is 1. The van der Waals surface area contributed by atoms with Crippen molar-refractivity contribution in [2.45, 2.75) is 39.5 Å². The molecule has 292 valence electrons.